The highest BCUT2D eigenvalue weighted by Gasteiger charge is 2.12. The molecule has 2 amide bonds. The summed E-state index contributed by atoms with van der Waals surface area (Å²) in [5.74, 6) is 0.379. The Kier molecular flexibility index (Phi) is 8.22. The largest absolute Gasteiger partial charge is 0.352 e. The predicted molar refractivity (Wildman–Crippen MR) is 88.4 cm³/mol. The lowest BCUT2D eigenvalue weighted by Crippen LogP contribution is -2.41. The third-order valence-electron chi connectivity index (χ3n) is 3.31. The van der Waals surface area contributed by atoms with Crippen molar-refractivity contribution in [2.24, 2.45) is 11.7 Å². The van der Waals surface area contributed by atoms with Gasteiger partial charge < -0.3 is 16.4 Å². The summed E-state index contributed by atoms with van der Waals surface area (Å²) >= 11 is 0. The van der Waals surface area contributed by atoms with Crippen LogP contribution in [0.25, 0.3) is 0 Å². The lowest BCUT2D eigenvalue weighted by molar-refractivity contribution is -0.121. The van der Waals surface area contributed by atoms with Crippen molar-refractivity contribution >= 4 is 11.8 Å². The molecule has 1 atom stereocenters. The second kappa shape index (κ2) is 9.95. The Hall–Kier alpha value is -1.88. The van der Waals surface area contributed by atoms with Gasteiger partial charge in [-0.15, -0.1) is 0 Å². The van der Waals surface area contributed by atoms with Crippen molar-refractivity contribution in [3.63, 3.8) is 0 Å². The molecule has 0 aromatic heterocycles. The van der Waals surface area contributed by atoms with E-state index in [1.165, 1.54) is 0 Å². The first kappa shape index (κ1) is 18.2. The molecule has 0 aliphatic heterocycles. The first-order valence-corrected chi connectivity index (χ1v) is 7.85. The van der Waals surface area contributed by atoms with Crippen LogP contribution in [0.5, 0.6) is 0 Å². The molecule has 0 saturated carbocycles. The molecular formula is C17H27N3O2. The van der Waals surface area contributed by atoms with Crippen LogP contribution < -0.4 is 16.4 Å². The van der Waals surface area contributed by atoms with Crippen LogP contribution in [0.3, 0.4) is 0 Å². The number of carbonyl (C=O) groups is 2. The minimum atomic E-state index is -0.111. The molecule has 122 valence electrons. The van der Waals surface area contributed by atoms with E-state index < -0.39 is 0 Å². The Morgan fingerprint density at radius 3 is 2.45 bits per heavy atom. The van der Waals surface area contributed by atoms with Gasteiger partial charge in [-0.25, -0.2) is 0 Å². The molecule has 0 bridgehead atoms. The van der Waals surface area contributed by atoms with Crippen LogP contribution in [-0.4, -0.2) is 30.9 Å². The van der Waals surface area contributed by atoms with Crippen molar-refractivity contribution in [2.75, 3.05) is 13.1 Å². The Morgan fingerprint density at radius 1 is 1.18 bits per heavy atom. The summed E-state index contributed by atoms with van der Waals surface area (Å²) in [5, 5.41) is 5.75. The number of nitrogens with one attached hydrogen (secondary N) is 2. The molecule has 22 heavy (non-hydrogen) atoms. The number of carbonyl (C=O) groups excluding carboxylic acids is 2. The lowest BCUT2D eigenvalue weighted by Gasteiger charge is -2.18. The maximum atomic E-state index is 11.8. The van der Waals surface area contributed by atoms with Crippen LogP contribution in [-0.2, 0) is 4.79 Å². The number of hydrogen-bond donors (Lipinski definition) is 3. The van der Waals surface area contributed by atoms with Crippen LogP contribution in [0, 0.1) is 5.92 Å². The monoisotopic (exact) mass is 305 g/mol. The molecule has 0 heterocycles. The topological polar surface area (TPSA) is 84.2 Å². The van der Waals surface area contributed by atoms with Gasteiger partial charge in [-0.1, -0.05) is 32.0 Å². The number of rotatable bonds is 9. The predicted octanol–water partition coefficient (Wildman–Crippen LogP) is 1.69. The van der Waals surface area contributed by atoms with Gasteiger partial charge in [0.05, 0.1) is 0 Å². The summed E-state index contributed by atoms with van der Waals surface area (Å²) in [6, 6.07) is 9.08. The average molecular weight is 305 g/mol. The summed E-state index contributed by atoms with van der Waals surface area (Å²) in [7, 11) is 0. The summed E-state index contributed by atoms with van der Waals surface area (Å²) < 4.78 is 0. The maximum Gasteiger partial charge on any atom is 0.251 e. The molecule has 5 nitrogen and oxygen atoms in total. The quantitative estimate of drug-likeness (QED) is 0.607. The lowest BCUT2D eigenvalue weighted by atomic mass is 10.0. The van der Waals surface area contributed by atoms with Gasteiger partial charge in [-0.3, -0.25) is 9.59 Å². The van der Waals surface area contributed by atoms with Gasteiger partial charge in [0, 0.05) is 31.1 Å². The van der Waals surface area contributed by atoms with Crippen molar-refractivity contribution in [3.05, 3.63) is 35.9 Å². The van der Waals surface area contributed by atoms with Crippen LogP contribution >= 0.6 is 0 Å². The van der Waals surface area contributed by atoms with E-state index in [1.54, 1.807) is 12.1 Å². The normalized spacial score (nSPS) is 12.0. The van der Waals surface area contributed by atoms with Crippen LogP contribution in [0.2, 0.25) is 0 Å². The summed E-state index contributed by atoms with van der Waals surface area (Å²) in [5.41, 5.74) is 6.29. The minimum Gasteiger partial charge on any atom is -0.352 e. The molecule has 1 aromatic rings. The second-order valence-corrected chi connectivity index (χ2v) is 5.86. The highest BCUT2D eigenvalue weighted by atomic mass is 16.2. The Labute approximate surface area is 132 Å². The molecule has 1 rings (SSSR count). The number of amides is 2. The zero-order valence-electron chi connectivity index (χ0n) is 13.5. The fourth-order valence-electron chi connectivity index (χ4n) is 2.23. The zero-order valence-corrected chi connectivity index (χ0v) is 13.5. The van der Waals surface area contributed by atoms with Gasteiger partial charge in [0.1, 0.15) is 0 Å². The Bertz CT molecular complexity index is 460. The summed E-state index contributed by atoms with van der Waals surface area (Å²) in [6.45, 7) is 5.15. The zero-order chi connectivity index (χ0) is 16.4. The van der Waals surface area contributed by atoms with Crippen molar-refractivity contribution in [1.29, 1.82) is 0 Å². The molecule has 1 unspecified atom stereocenters. The van der Waals surface area contributed by atoms with E-state index in [2.05, 4.69) is 24.5 Å². The van der Waals surface area contributed by atoms with Crippen molar-refractivity contribution < 1.29 is 9.59 Å². The highest BCUT2D eigenvalue weighted by Crippen LogP contribution is 2.04. The van der Waals surface area contributed by atoms with E-state index in [4.69, 9.17) is 5.73 Å². The van der Waals surface area contributed by atoms with E-state index in [9.17, 15) is 9.59 Å². The maximum absolute atomic E-state index is 11.8. The fourth-order valence-corrected chi connectivity index (χ4v) is 2.23. The first-order valence-electron chi connectivity index (χ1n) is 7.85. The third-order valence-corrected chi connectivity index (χ3v) is 3.31. The van der Waals surface area contributed by atoms with Crippen LogP contribution in [0.15, 0.2) is 30.3 Å². The van der Waals surface area contributed by atoms with Crippen LogP contribution in [0.1, 0.15) is 43.5 Å². The van der Waals surface area contributed by atoms with Crippen LogP contribution in [0.4, 0.5) is 0 Å². The highest BCUT2D eigenvalue weighted by molar-refractivity contribution is 5.94. The molecule has 0 saturated heterocycles. The average Bonchev–Trinajstić information content (AvgIpc) is 2.51. The van der Waals surface area contributed by atoms with E-state index in [1.807, 2.05) is 18.2 Å². The molecule has 0 fully saturated rings. The molecule has 1 aromatic carbocycles. The Morgan fingerprint density at radius 2 is 1.86 bits per heavy atom. The molecule has 0 spiro atoms. The van der Waals surface area contributed by atoms with E-state index in [0.717, 1.165) is 6.42 Å². The SMILES string of the molecule is CC(C)CC(CN)NC(=O)CCCNC(=O)c1ccccc1. The summed E-state index contributed by atoms with van der Waals surface area (Å²) in [4.78, 5) is 23.6. The summed E-state index contributed by atoms with van der Waals surface area (Å²) in [6.07, 6.45) is 1.89. The number of benzene rings is 1. The molecule has 0 aliphatic carbocycles. The Balaban J connectivity index is 2.21. The number of nitrogens with two attached hydrogens (primary N) is 1. The van der Waals surface area contributed by atoms with Gasteiger partial charge >= 0.3 is 0 Å². The second-order valence-electron chi connectivity index (χ2n) is 5.86. The van der Waals surface area contributed by atoms with E-state index >= 15 is 0 Å². The molecule has 5 heteroatoms. The van der Waals surface area contributed by atoms with Crippen molar-refractivity contribution in [1.82, 2.24) is 10.6 Å². The molecule has 4 N–H and O–H groups in total. The fraction of sp³-hybridized carbons (Fsp3) is 0.529. The van der Waals surface area contributed by atoms with E-state index in [-0.39, 0.29) is 17.9 Å². The minimum absolute atomic E-state index is 0.00920. The van der Waals surface area contributed by atoms with Gasteiger partial charge in [-0.05, 0) is 30.9 Å². The van der Waals surface area contributed by atoms with Crippen molar-refractivity contribution in [3.8, 4) is 0 Å². The standard InChI is InChI=1S/C17H27N3O2/c1-13(2)11-15(12-18)20-16(21)9-6-10-19-17(22)14-7-4-3-5-8-14/h3-5,7-8,13,15H,6,9-12,18H2,1-2H3,(H,19,22)(H,20,21). The number of hydrogen-bond acceptors (Lipinski definition) is 3. The van der Waals surface area contributed by atoms with Gasteiger partial charge in [0.2, 0.25) is 5.91 Å². The van der Waals surface area contributed by atoms with Gasteiger partial charge in [0.25, 0.3) is 5.91 Å². The smallest absolute Gasteiger partial charge is 0.251 e. The van der Waals surface area contributed by atoms with Crippen molar-refractivity contribution in [2.45, 2.75) is 39.2 Å². The molecule has 0 aliphatic rings. The third kappa shape index (κ3) is 7.22. The van der Waals surface area contributed by atoms with Gasteiger partial charge in [0.15, 0.2) is 0 Å². The first-order chi connectivity index (χ1) is 10.5. The van der Waals surface area contributed by atoms with E-state index in [0.29, 0.717) is 37.4 Å². The molecular weight excluding hydrogens is 278 g/mol. The van der Waals surface area contributed by atoms with Gasteiger partial charge in [-0.2, -0.15) is 0 Å². The molecule has 0 radical (unpaired) electrons.